The first-order valence-electron chi connectivity index (χ1n) is 8.19. The van der Waals surface area contributed by atoms with E-state index in [2.05, 4.69) is 38.1 Å². The summed E-state index contributed by atoms with van der Waals surface area (Å²) in [6.45, 7) is 6.30. The van der Waals surface area contributed by atoms with E-state index in [4.69, 9.17) is 9.47 Å². The standard InChI is InChI=1S/C20H22O3S/c1-4-19-22-13-20(3,23-19)16-6-5-7-18(12-16)24-17-10-8-15(9-11-17)14(2)21/h5-12,19H,4,13H2,1-3H3. The predicted octanol–water partition coefficient (Wildman–Crippen LogP) is 5.04. The van der Waals surface area contributed by atoms with Crippen molar-refractivity contribution in [3.05, 3.63) is 59.7 Å². The summed E-state index contributed by atoms with van der Waals surface area (Å²) in [5.74, 6) is 0.0883. The minimum atomic E-state index is -0.393. The van der Waals surface area contributed by atoms with Crippen LogP contribution in [0.4, 0.5) is 0 Å². The number of benzene rings is 2. The van der Waals surface area contributed by atoms with Crippen LogP contribution in [0.1, 0.15) is 43.1 Å². The lowest BCUT2D eigenvalue weighted by atomic mass is 9.97. The fraction of sp³-hybridized carbons (Fsp3) is 0.350. The van der Waals surface area contributed by atoms with E-state index < -0.39 is 5.60 Å². The molecule has 0 saturated carbocycles. The molecule has 1 aliphatic rings. The maximum atomic E-state index is 11.4. The zero-order valence-corrected chi connectivity index (χ0v) is 15.1. The van der Waals surface area contributed by atoms with Crippen molar-refractivity contribution in [2.75, 3.05) is 6.61 Å². The highest BCUT2D eigenvalue weighted by Gasteiger charge is 2.37. The second kappa shape index (κ2) is 7.09. The van der Waals surface area contributed by atoms with Gasteiger partial charge in [-0.2, -0.15) is 0 Å². The largest absolute Gasteiger partial charge is 0.349 e. The molecule has 0 spiro atoms. The van der Waals surface area contributed by atoms with Crippen LogP contribution in [-0.4, -0.2) is 18.7 Å². The molecule has 0 bridgehead atoms. The molecule has 126 valence electrons. The van der Waals surface area contributed by atoms with Gasteiger partial charge >= 0.3 is 0 Å². The number of hydrogen-bond acceptors (Lipinski definition) is 4. The Kier molecular flexibility index (Phi) is 5.09. The summed E-state index contributed by atoms with van der Waals surface area (Å²) >= 11 is 1.68. The number of carbonyl (C=O) groups excluding carboxylic acids is 1. The normalized spacial score (nSPS) is 23.4. The molecule has 24 heavy (non-hydrogen) atoms. The maximum absolute atomic E-state index is 11.4. The third-order valence-electron chi connectivity index (χ3n) is 4.21. The SMILES string of the molecule is CCC1OCC(C)(c2cccc(Sc3ccc(C(C)=O)cc3)c2)O1. The molecule has 0 amide bonds. The van der Waals surface area contributed by atoms with E-state index in [9.17, 15) is 4.79 Å². The van der Waals surface area contributed by atoms with Crippen molar-refractivity contribution in [3.8, 4) is 0 Å². The van der Waals surface area contributed by atoms with Gasteiger partial charge in [0.2, 0.25) is 0 Å². The first-order chi connectivity index (χ1) is 11.5. The fourth-order valence-corrected chi connectivity index (χ4v) is 3.62. The van der Waals surface area contributed by atoms with Gasteiger partial charge in [0.15, 0.2) is 12.1 Å². The van der Waals surface area contributed by atoms with Gasteiger partial charge in [-0.05, 0) is 50.1 Å². The molecular weight excluding hydrogens is 320 g/mol. The van der Waals surface area contributed by atoms with Crippen molar-refractivity contribution in [3.63, 3.8) is 0 Å². The Hall–Kier alpha value is -1.62. The fourth-order valence-electron chi connectivity index (χ4n) is 2.74. The third-order valence-corrected chi connectivity index (χ3v) is 5.21. The van der Waals surface area contributed by atoms with Gasteiger partial charge in [-0.3, -0.25) is 4.79 Å². The number of rotatable bonds is 5. The van der Waals surface area contributed by atoms with Crippen LogP contribution in [0, 0.1) is 0 Å². The lowest BCUT2D eigenvalue weighted by Crippen LogP contribution is -2.25. The Balaban J connectivity index is 1.77. The van der Waals surface area contributed by atoms with Crippen molar-refractivity contribution in [2.45, 2.75) is 48.9 Å². The topological polar surface area (TPSA) is 35.5 Å². The molecule has 2 unspecified atom stereocenters. The molecule has 2 aromatic carbocycles. The third kappa shape index (κ3) is 3.72. The maximum Gasteiger partial charge on any atom is 0.159 e. The zero-order valence-electron chi connectivity index (χ0n) is 14.2. The predicted molar refractivity (Wildman–Crippen MR) is 95.5 cm³/mol. The number of ketones is 1. The summed E-state index contributed by atoms with van der Waals surface area (Å²) in [6.07, 6.45) is 0.734. The van der Waals surface area contributed by atoms with Gasteiger partial charge in [0.25, 0.3) is 0 Å². The number of hydrogen-bond donors (Lipinski definition) is 0. The van der Waals surface area contributed by atoms with Crippen LogP contribution in [0.2, 0.25) is 0 Å². The van der Waals surface area contributed by atoms with Crippen LogP contribution >= 0.6 is 11.8 Å². The van der Waals surface area contributed by atoms with Crippen molar-refractivity contribution >= 4 is 17.5 Å². The van der Waals surface area contributed by atoms with E-state index in [-0.39, 0.29) is 12.1 Å². The van der Waals surface area contributed by atoms with Gasteiger partial charge in [-0.1, -0.05) is 43.0 Å². The van der Waals surface area contributed by atoms with Gasteiger partial charge in [-0.15, -0.1) is 0 Å². The summed E-state index contributed by atoms with van der Waals surface area (Å²) in [4.78, 5) is 13.6. The molecule has 4 heteroatoms. The Labute approximate surface area is 147 Å². The molecule has 0 N–H and O–H groups in total. The summed E-state index contributed by atoms with van der Waals surface area (Å²) in [6, 6.07) is 16.1. The molecule has 1 saturated heterocycles. The second-order valence-corrected chi connectivity index (χ2v) is 7.35. The minimum Gasteiger partial charge on any atom is -0.349 e. The summed E-state index contributed by atoms with van der Waals surface area (Å²) in [5.41, 5.74) is 1.47. The molecule has 0 aliphatic carbocycles. The van der Waals surface area contributed by atoms with Crippen molar-refractivity contribution in [1.29, 1.82) is 0 Å². The van der Waals surface area contributed by atoms with E-state index in [0.29, 0.717) is 6.61 Å². The minimum absolute atomic E-state index is 0.0883. The average Bonchev–Trinajstić information content (AvgIpc) is 2.98. The van der Waals surface area contributed by atoms with Gasteiger partial charge < -0.3 is 9.47 Å². The zero-order chi connectivity index (χ0) is 17.2. The second-order valence-electron chi connectivity index (χ2n) is 6.21. The number of carbonyl (C=O) groups is 1. The van der Waals surface area contributed by atoms with Crippen LogP contribution in [0.5, 0.6) is 0 Å². The molecular formula is C20H22O3S. The molecule has 1 fully saturated rings. The van der Waals surface area contributed by atoms with Gasteiger partial charge in [0, 0.05) is 15.4 Å². The molecule has 1 heterocycles. The molecule has 3 nitrogen and oxygen atoms in total. The first kappa shape index (κ1) is 17.2. The lowest BCUT2D eigenvalue weighted by molar-refractivity contribution is -0.0870. The highest BCUT2D eigenvalue weighted by Crippen LogP contribution is 2.37. The van der Waals surface area contributed by atoms with E-state index in [1.54, 1.807) is 18.7 Å². The van der Waals surface area contributed by atoms with Crippen LogP contribution in [0.3, 0.4) is 0 Å². The summed E-state index contributed by atoms with van der Waals surface area (Å²) in [5, 5.41) is 0. The monoisotopic (exact) mass is 342 g/mol. The highest BCUT2D eigenvalue weighted by molar-refractivity contribution is 7.99. The Morgan fingerprint density at radius 2 is 1.96 bits per heavy atom. The molecule has 0 aromatic heterocycles. The van der Waals surface area contributed by atoms with E-state index in [1.165, 1.54) is 0 Å². The van der Waals surface area contributed by atoms with E-state index in [1.807, 2.05) is 24.3 Å². The van der Waals surface area contributed by atoms with Crippen LogP contribution < -0.4 is 0 Å². The van der Waals surface area contributed by atoms with Crippen LogP contribution in [0.25, 0.3) is 0 Å². The number of Topliss-reactive ketones (excluding diaryl/α,β-unsaturated/α-hetero) is 1. The summed E-state index contributed by atoms with van der Waals surface area (Å²) < 4.78 is 11.8. The number of ether oxygens (including phenoxy) is 2. The van der Waals surface area contributed by atoms with Crippen molar-refractivity contribution in [2.24, 2.45) is 0 Å². The molecule has 2 aromatic rings. The van der Waals surface area contributed by atoms with Crippen molar-refractivity contribution in [1.82, 2.24) is 0 Å². The van der Waals surface area contributed by atoms with E-state index in [0.717, 1.165) is 27.3 Å². The Bertz CT molecular complexity index is 726. The Morgan fingerprint density at radius 3 is 2.58 bits per heavy atom. The summed E-state index contributed by atoms with van der Waals surface area (Å²) in [7, 11) is 0. The van der Waals surface area contributed by atoms with Gasteiger partial charge in [0.05, 0.1) is 6.61 Å². The van der Waals surface area contributed by atoms with Gasteiger partial charge in [0.1, 0.15) is 5.60 Å². The van der Waals surface area contributed by atoms with Gasteiger partial charge in [-0.25, -0.2) is 0 Å². The Morgan fingerprint density at radius 1 is 1.21 bits per heavy atom. The quantitative estimate of drug-likeness (QED) is 0.713. The van der Waals surface area contributed by atoms with E-state index >= 15 is 0 Å². The molecule has 2 atom stereocenters. The average molecular weight is 342 g/mol. The first-order valence-corrected chi connectivity index (χ1v) is 9.00. The lowest BCUT2D eigenvalue weighted by Gasteiger charge is -2.23. The van der Waals surface area contributed by atoms with Crippen LogP contribution in [0.15, 0.2) is 58.3 Å². The van der Waals surface area contributed by atoms with Crippen molar-refractivity contribution < 1.29 is 14.3 Å². The molecule has 1 aliphatic heterocycles. The smallest absolute Gasteiger partial charge is 0.159 e. The molecule has 0 radical (unpaired) electrons. The highest BCUT2D eigenvalue weighted by atomic mass is 32.2. The molecule has 3 rings (SSSR count). The van der Waals surface area contributed by atoms with Crippen LogP contribution in [-0.2, 0) is 15.1 Å².